The van der Waals surface area contributed by atoms with Gasteiger partial charge < -0.3 is 10.5 Å². The average Bonchev–Trinajstić information content (AvgIpc) is 2.34. The van der Waals surface area contributed by atoms with Gasteiger partial charge in [-0.3, -0.25) is 4.98 Å². The monoisotopic (exact) mass is 296 g/mol. The molecule has 0 fully saturated rings. The van der Waals surface area contributed by atoms with E-state index in [9.17, 15) is 4.39 Å². The molecule has 88 valence electrons. The maximum absolute atomic E-state index is 13.1. The standard InChI is InChI=1S/C12H10BrFN2O/c13-10-5-9(1-2-11(10)14)17-12-3-4-16-7-8(12)6-15/h1-5,7H,6,15H2. The molecule has 2 N–H and O–H groups in total. The molecule has 0 aliphatic heterocycles. The SMILES string of the molecule is NCc1cnccc1Oc1ccc(F)c(Br)c1. The molecule has 0 saturated carbocycles. The second-order valence-electron chi connectivity index (χ2n) is 3.37. The zero-order valence-electron chi connectivity index (χ0n) is 8.86. The number of hydrogen-bond acceptors (Lipinski definition) is 3. The molecular weight excluding hydrogens is 287 g/mol. The van der Waals surface area contributed by atoms with Crippen LogP contribution in [-0.2, 0) is 6.54 Å². The molecule has 2 rings (SSSR count). The van der Waals surface area contributed by atoms with Crippen LogP contribution in [0.4, 0.5) is 4.39 Å². The van der Waals surface area contributed by atoms with E-state index in [2.05, 4.69) is 20.9 Å². The molecule has 0 bridgehead atoms. The number of ether oxygens (including phenoxy) is 1. The van der Waals surface area contributed by atoms with Crippen molar-refractivity contribution in [3.05, 3.63) is 52.5 Å². The van der Waals surface area contributed by atoms with Gasteiger partial charge in [0.1, 0.15) is 17.3 Å². The number of pyridine rings is 1. The highest BCUT2D eigenvalue weighted by atomic mass is 79.9. The van der Waals surface area contributed by atoms with Crippen LogP contribution < -0.4 is 10.5 Å². The first-order chi connectivity index (χ1) is 8.20. The number of hydrogen-bond donors (Lipinski definition) is 1. The van der Waals surface area contributed by atoms with Gasteiger partial charge in [0.15, 0.2) is 0 Å². The van der Waals surface area contributed by atoms with E-state index in [1.807, 2.05) is 0 Å². The minimum atomic E-state index is -0.328. The molecule has 0 unspecified atom stereocenters. The van der Waals surface area contributed by atoms with Gasteiger partial charge >= 0.3 is 0 Å². The Hall–Kier alpha value is -1.46. The molecular formula is C12H10BrFN2O. The van der Waals surface area contributed by atoms with Gasteiger partial charge in [0, 0.05) is 24.5 Å². The van der Waals surface area contributed by atoms with Crippen molar-refractivity contribution in [2.75, 3.05) is 0 Å². The fraction of sp³-hybridized carbons (Fsp3) is 0.0833. The van der Waals surface area contributed by atoms with E-state index in [1.165, 1.54) is 6.07 Å². The first-order valence-electron chi connectivity index (χ1n) is 4.96. The maximum Gasteiger partial charge on any atom is 0.137 e. The van der Waals surface area contributed by atoms with Crippen molar-refractivity contribution in [2.45, 2.75) is 6.54 Å². The van der Waals surface area contributed by atoms with Gasteiger partial charge in [-0.05, 0) is 40.2 Å². The first kappa shape index (κ1) is 12.0. The van der Waals surface area contributed by atoms with Gasteiger partial charge in [-0.1, -0.05) is 0 Å². The summed E-state index contributed by atoms with van der Waals surface area (Å²) in [6, 6.07) is 6.18. The Morgan fingerprint density at radius 2 is 2.18 bits per heavy atom. The summed E-state index contributed by atoms with van der Waals surface area (Å²) in [5.41, 5.74) is 6.37. The number of benzene rings is 1. The van der Waals surface area contributed by atoms with Crippen molar-refractivity contribution >= 4 is 15.9 Å². The molecule has 1 aromatic heterocycles. The third-order valence-corrected chi connectivity index (χ3v) is 2.81. The van der Waals surface area contributed by atoms with Crippen LogP contribution in [0.1, 0.15) is 5.56 Å². The predicted molar refractivity (Wildman–Crippen MR) is 66.3 cm³/mol. The Balaban J connectivity index is 2.28. The zero-order valence-corrected chi connectivity index (χ0v) is 10.4. The molecule has 3 nitrogen and oxygen atoms in total. The Morgan fingerprint density at radius 1 is 1.35 bits per heavy atom. The summed E-state index contributed by atoms with van der Waals surface area (Å²) in [7, 11) is 0. The smallest absolute Gasteiger partial charge is 0.137 e. The van der Waals surface area contributed by atoms with Crippen molar-refractivity contribution in [3.63, 3.8) is 0 Å². The van der Waals surface area contributed by atoms with Crippen LogP contribution in [0.3, 0.4) is 0 Å². The summed E-state index contributed by atoms with van der Waals surface area (Å²) in [6.45, 7) is 0.339. The number of halogens is 2. The van der Waals surface area contributed by atoms with Crippen LogP contribution in [0.5, 0.6) is 11.5 Å². The van der Waals surface area contributed by atoms with Crippen LogP contribution in [-0.4, -0.2) is 4.98 Å². The van der Waals surface area contributed by atoms with Crippen molar-refractivity contribution in [3.8, 4) is 11.5 Å². The first-order valence-corrected chi connectivity index (χ1v) is 5.76. The quantitative estimate of drug-likeness (QED) is 0.946. The van der Waals surface area contributed by atoms with Gasteiger partial charge in [0.2, 0.25) is 0 Å². The Morgan fingerprint density at radius 3 is 2.88 bits per heavy atom. The molecule has 0 saturated heterocycles. The van der Waals surface area contributed by atoms with Gasteiger partial charge in [0.05, 0.1) is 4.47 Å². The highest BCUT2D eigenvalue weighted by Gasteiger charge is 2.05. The van der Waals surface area contributed by atoms with E-state index in [-0.39, 0.29) is 5.82 Å². The summed E-state index contributed by atoms with van der Waals surface area (Å²) < 4.78 is 19.0. The van der Waals surface area contributed by atoms with Crippen molar-refractivity contribution < 1.29 is 9.13 Å². The van der Waals surface area contributed by atoms with Gasteiger partial charge in [-0.2, -0.15) is 0 Å². The molecule has 1 heterocycles. The van der Waals surface area contributed by atoms with Crippen LogP contribution in [0, 0.1) is 5.82 Å². The number of nitrogens with zero attached hydrogens (tertiary/aromatic N) is 1. The third kappa shape index (κ3) is 2.81. The Kier molecular flexibility index (Phi) is 3.71. The van der Waals surface area contributed by atoms with Gasteiger partial charge in [-0.25, -0.2) is 4.39 Å². The molecule has 0 radical (unpaired) electrons. The minimum absolute atomic E-state index is 0.328. The highest BCUT2D eigenvalue weighted by molar-refractivity contribution is 9.10. The largest absolute Gasteiger partial charge is 0.457 e. The lowest BCUT2D eigenvalue weighted by atomic mass is 10.2. The second-order valence-corrected chi connectivity index (χ2v) is 4.22. The Labute approximate surface area is 107 Å². The molecule has 2 aromatic rings. The fourth-order valence-electron chi connectivity index (χ4n) is 1.33. The zero-order chi connectivity index (χ0) is 12.3. The molecule has 5 heteroatoms. The lowest BCUT2D eigenvalue weighted by Crippen LogP contribution is -2.00. The normalized spacial score (nSPS) is 10.3. The topological polar surface area (TPSA) is 48.1 Å². The van der Waals surface area contributed by atoms with Crippen molar-refractivity contribution in [2.24, 2.45) is 5.73 Å². The summed E-state index contributed by atoms with van der Waals surface area (Å²) in [6.07, 6.45) is 3.26. The van der Waals surface area contributed by atoms with Crippen LogP contribution in [0.25, 0.3) is 0 Å². The van der Waals surface area contributed by atoms with E-state index in [0.29, 0.717) is 22.5 Å². The van der Waals surface area contributed by atoms with Crippen molar-refractivity contribution in [1.29, 1.82) is 0 Å². The minimum Gasteiger partial charge on any atom is -0.457 e. The summed E-state index contributed by atoms with van der Waals surface area (Å²) >= 11 is 3.10. The van der Waals surface area contributed by atoms with E-state index < -0.39 is 0 Å². The van der Waals surface area contributed by atoms with E-state index in [4.69, 9.17) is 10.5 Å². The van der Waals surface area contributed by atoms with Crippen LogP contribution in [0.15, 0.2) is 41.1 Å². The van der Waals surface area contributed by atoms with Crippen LogP contribution in [0.2, 0.25) is 0 Å². The van der Waals surface area contributed by atoms with Gasteiger partial charge in [-0.15, -0.1) is 0 Å². The average molecular weight is 297 g/mol. The molecule has 0 atom stereocenters. The highest BCUT2D eigenvalue weighted by Crippen LogP contribution is 2.27. The second kappa shape index (κ2) is 5.25. The fourth-order valence-corrected chi connectivity index (χ4v) is 1.69. The summed E-state index contributed by atoms with van der Waals surface area (Å²) in [5, 5.41) is 0. The lowest BCUT2D eigenvalue weighted by molar-refractivity contribution is 0.473. The maximum atomic E-state index is 13.1. The van der Waals surface area contributed by atoms with Gasteiger partial charge in [0.25, 0.3) is 0 Å². The van der Waals surface area contributed by atoms with E-state index in [1.54, 1.807) is 30.6 Å². The van der Waals surface area contributed by atoms with Crippen LogP contribution >= 0.6 is 15.9 Å². The number of aromatic nitrogens is 1. The molecule has 0 amide bonds. The van der Waals surface area contributed by atoms with E-state index in [0.717, 1.165) is 5.56 Å². The number of nitrogens with two attached hydrogens (primary N) is 1. The summed E-state index contributed by atoms with van der Waals surface area (Å²) in [4.78, 5) is 3.96. The Bertz CT molecular complexity index is 534. The molecule has 0 aliphatic rings. The molecule has 17 heavy (non-hydrogen) atoms. The predicted octanol–water partition coefficient (Wildman–Crippen LogP) is 3.23. The lowest BCUT2D eigenvalue weighted by Gasteiger charge is -2.09. The third-order valence-electron chi connectivity index (χ3n) is 2.20. The molecule has 0 aliphatic carbocycles. The van der Waals surface area contributed by atoms with Crippen molar-refractivity contribution in [1.82, 2.24) is 4.98 Å². The number of rotatable bonds is 3. The van der Waals surface area contributed by atoms with E-state index >= 15 is 0 Å². The summed E-state index contributed by atoms with van der Waals surface area (Å²) in [5.74, 6) is 0.839. The molecule has 0 spiro atoms. The molecule has 1 aromatic carbocycles.